The summed E-state index contributed by atoms with van der Waals surface area (Å²) in [5.74, 6) is -0.331. The summed E-state index contributed by atoms with van der Waals surface area (Å²) < 4.78 is 31.3. The molecule has 0 aromatic rings. The van der Waals surface area contributed by atoms with E-state index in [1.54, 1.807) is 13.8 Å². The van der Waals surface area contributed by atoms with E-state index in [-0.39, 0.29) is 25.0 Å². The van der Waals surface area contributed by atoms with E-state index in [1.807, 2.05) is 0 Å². The monoisotopic (exact) mass is 252 g/mol. The van der Waals surface area contributed by atoms with Crippen LogP contribution < -0.4 is 4.72 Å². The van der Waals surface area contributed by atoms with Gasteiger partial charge in [-0.05, 0) is 20.3 Å². The van der Waals surface area contributed by atoms with Crippen molar-refractivity contribution in [3.05, 3.63) is 0 Å². The van der Waals surface area contributed by atoms with Crippen molar-refractivity contribution in [1.29, 1.82) is 0 Å². The molecule has 0 amide bonds. The molecule has 0 atom stereocenters. The minimum absolute atomic E-state index is 0.145. The molecule has 0 aliphatic carbocycles. The Balaban J connectivity index is 4.06. The van der Waals surface area contributed by atoms with Gasteiger partial charge in [0.15, 0.2) is 0 Å². The summed E-state index contributed by atoms with van der Waals surface area (Å²) in [6.45, 7) is 3.79. The highest BCUT2D eigenvalue weighted by molar-refractivity contribution is 7.87. The van der Waals surface area contributed by atoms with Crippen LogP contribution in [0, 0.1) is 0 Å². The van der Waals surface area contributed by atoms with Crippen LogP contribution in [0.1, 0.15) is 26.7 Å². The van der Waals surface area contributed by atoms with Crippen molar-refractivity contribution in [2.75, 3.05) is 20.7 Å². The van der Waals surface area contributed by atoms with Gasteiger partial charge >= 0.3 is 5.97 Å². The van der Waals surface area contributed by atoms with Crippen LogP contribution in [0.25, 0.3) is 0 Å². The standard InChI is InChI=1S/C9H20N2O4S/c1-8(2)10-16(13,14)11(3)7-5-6-9(12)15-4/h8,10H,5-7H2,1-4H3. The van der Waals surface area contributed by atoms with E-state index in [9.17, 15) is 13.2 Å². The maximum Gasteiger partial charge on any atom is 0.305 e. The molecule has 6 nitrogen and oxygen atoms in total. The first-order valence-corrected chi connectivity index (χ1v) is 6.54. The third-order valence-electron chi connectivity index (χ3n) is 1.88. The number of hydrogen-bond acceptors (Lipinski definition) is 4. The molecule has 0 saturated carbocycles. The Hall–Kier alpha value is -0.660. The predicted molar refractivity (Wildman–Crippen MR) is 61.1 cm³/mol. The second kappa shape index (κ2) is 6.82. The second-order valence-corrected chi connectivity index (χ2v) is 5.59. The molecule has 0 aromatic carbocycles. The summed E-state index contributed by atoms with van der Waals surface area (Å²) in [5.41, 5.74) is 0. The van der Waals surface area contributed by atoms with E-state index in [0.717, 1.165) is 0 Å². The fourth-order valence-corrected chi connectivity index (χ4v) is 2.20. The van der Waals surface area contributed by atoms with Gasteiger partial charge in [-0.2, -0.15) is 17.4 Å². The first-order valence-electron chi connectivity index (χ1n) is 5.10. The number of nitrogens with one attached hydrogen (secondary N) is 1. The van der Waals surface area contributed by atoms with Gasteiger partial charge in [0.25, 0.3) is 10.2 Å². The van der Waals surface area contributed by atoms with Crippen molar-refractivity contribution in [3.63, 3.8) is 0 Å². The Morgan fingerprint density at radius 3 is 2.44 bits per heavy atom. The average Bonchev–Trinajstić information content (AvgIpc) is 2.15. The highest BCUT2D eigenvalue weighted by Crippen LogP contribution is 2.00. The molecule has 16 heavy (non-hydrogen) atoms. The van der Waals surface area contributed by atoms with Gasteiger partial charge in [0, 0.05) is 26.1 Å². The maximum atomic E-state index is 11.6. The molecule has 0 spiro atoms. The summed E-state index contributed by atoms with van der Waals surface area (Å²) in [4.78, 5) is 10.8. The molecular weight excluding hydrogens is 232 g/mol. The van der Waals surface area contributed by atoms with Gasteiger partial charge in [-0.25, -0.2) is 0 Å². The van der Waals surface area contributed by atoms with Crippen molar-refractivity contribution in [3.8, 4) is 0 Å². The minimum atomic E-state index is -3.43. The third-order valence-corrected chi connectivity index (χ3v) is 3.65. The lowest BCUT2D eigenvalue weighted by atomic mass is 10.3. The fraction of sp³-hybridized carbons (Fsp3) is 0.889. The summed E-state index contributed by atoms with van der Waals surface area (Å²) >= 11 is 0. The van der Waals surface area contributed by atoms with E-state index in [1.165, 1.54) is 18.5 Å². The van der Waals surface area contributed by atoms with Crippen molar-refractivity contribution in [2.24, 2.45) is 0 Å². The largest absolute Gasteiger partial charge is 0.469 e. The molecule has 1 N–H and O–H groups in total. The van der Waals surface area contributed by atoms with Gasteiger partial charge in [-0.3, -0.25) is 4.79 Å². The van der Waals surface area contributed by atoms with E-state index in [4.69, 9.17) is 0 Å². The molecule has 0 aliphatic heterocycles. The minimum Gasteiger partial charge on any atom is -0.469 e. The first-order chi connectivity index (χ1) is 7.29. The van der Waals surface area contributed by atoms with Crippen LogP contribution in [0.2, 0.25) is 0 Å². The van der Waals surface area contributed by atoms with Crippen LogP contribution in [0.15, 0.2) is 0 Å². The fourth-order valence-electron chi connectivity index (χ4n) is 1.06. The molecule has 0 aliphatic rings. The Morgan fingerprint density at radius 2 is 2.00 bits per heavy atom. The second-order valence-electron chi connectivity index (χ2n) is 3.78. The van der Waals surface area contributed by atoms with Gasteiger partial charge in [0.1, 0.15) is 0 Å². The summed E-state index contributed by atoms with van der Waals surface area (Å²) in [5, 5.41) is 0. The number of rotatable bonds is 7. The summed E-state index contributed by atoms with van der Waals surface area (Å²) in [6.07, 6.45) is 0.667. The van der Waals surface area contributed by atoms with E-state index >= 15 is 0 Å². The van der Waals surface area contributed by atoms with Gasteiger partial charge in [0.05, 0.1) is 7.11 Å². The molecule has 0 saturated heterocycles. The van der Waals surface area contributed by atoms with Crippen LogP contribution in [-0.4, -0.2) is 45.4 Å². The Morgan fingerprint density at radius 1 is 1.44 bits per heavy atom. The van der Waals surface area contributed by atoms with Gasteiger partial charge < -0.3 is 4.74 Å². The van der Waals surface area contributed by atoms with Gasteiger partial charge in [0.2, 0.25) is 0 Å². The van der Waals surface area contributed by atoms with Crippen LogP contribution >= 0.6 is 0 Å². The Kier molecular flexibility index (Phi) is 6.54. The third kappa shape index (κ3) is 6.04. The normalized spacial score (nSPS) is 12.1. The maximum absolute atomic E-state index is 11.6. The Labute approximate surface area is 97.1 Å². The zero-order valence-electron chi connectivity index (χ0n) is 10.2. The quantitative estimate of drug-likeness (QED) is 0.653. The van der Waals surface area contributed by atoms with Crippen LogP contribution in [0.5, 0.6) is 0 Å². The van der Waals surface area contributed by atoms with Gasteiger partial charge in [-0.1, -0.05) is 0 Å². The summed E-state index contributed by atoms with van der Waals surface area (Å²) in [7, 11) is -0.650. The molecule has 96 valence electrons. The lowest BCUT2D eigenvalue weighted by Gasteiger charge is -2.18. The number of carbonyl (C=O) groups is 1. The lowest BCUT2D eigenvalue weighted by molar-refractivity contribution is -0.140. The molecule has 0 radical (unpaired) electrons. The number of methoxy groups -OCH3 is 1. The number of hydrogen-bond donors (Lipinski definition) is 1. The molecule has 0 aromatic heterocycles. The molecule has 0 fully saturated rings. The zero-order valence-corrected chi connectivity index (χ0v) is 11.0. The highest BCUT2D eigenvalue weighted by Gasteiger charge is 2.18. The highest BCUT2D eigenvalue weighted by atomic mass is 32.2. The number of carbonyl (C=O) groups excluding carboxylic acids is 1. The molecule has 0 unspecified atom stereocenters. The zero-order chi connectivity index (χ0) is 12.8. The van der Waals surface area contributed by atoms with Gasteiger partial charge in [-0.15, -0.1) is 0 Å². The van der Waals surface area contributed by atoms with Crippen molar-refractivity contribution in [1.82, 2.24) is 9.03 Å². The van der Waals surface area contributed by atoms with Crippen LogP contribution in [0.3, 0.4) is 0 Å². The molecule has 0 bridgehead atoms. The topological polar surface area (TPSA) is 75.7 Å². The number of esters is 1. The number of ether oxygens (including phenoxy) is 1. The van der Waals surface area contributed by atoms with Crippen molar-refractivity contribution < 1.29 is 17.9 Å². The Bertz CT molecular complexity index is 313. The lowest BCUT2D eigenvalue weighted by Crippen LogP contribution is -2.41. The molecule has 0 heterocycles. The van der Waals surface area contributed by atoms with E-state index < -0.39 is 10.2 Å². The van der Waals surface area contributed by atoms with E-state index in [0.29, 0.717) is 6.42 Å². The first kappa shape index (κ1) is 15.3. The van der Waals surface area contributed by atoms with Crippen molar-refractivity contribution in [2.45, 2.75) is 32.7 Å². The average molecular weight is 252 g/mol. The predicted octanol–water partition coefficient (Wildman–Crippen LogP) is 0.114. The van der Waals surface area contributed by atoms with E-state index in [2.05, 4.69) is 9.46 Å². The molecule has 0 rings (SSSR count). The number of nitrogens with zero attached hydrogens (tertiary/aromatic N) is 1. The molecular formula is C9H20N2O4S. The smallest absolute Gasteiger partial charge is 0.305 e. The molecule has 7 heteroatoms. The van der Waals surface area contributed by atoms with Crippen molar-refractivity contribution >= 4 is 16.2 Å². The summed E-state index contributed by atoms with van der Waals surface area (Å²) in [6, 6.07) is -0.145. The van der Waals surface area contributed by atoms with Crippen LogP contribution in [-0.2, 0) is 19.7 Å². The van der Waals surface area contributed by atoms with Crippen LogP contribution in [0.4, 0.5) is 0 Å². The SMILES string of the molecule is COC(=O)CCCN(C)S(=O)(=O)NC(C)C.